The maximum Gasteiger partial charge on any atom is 0.338 e. The molecule has 0 aromatic heterocycles. The van der Waals surface area contributed by atoms with Crippen LogP contribution in [0.2, 0.25) is 0 Å². The Labute approximate surface area is 255 Å². The van der Waals surface area contributed by atoms with Crippen molar-refractivity contribution in [2.45, 2.75) is 52.1 Å². The van der Waals surface area contributed by atoms with E-state index >= 15 is 0 Å². The van der Waals surface area contributed by atoms with Crippen LogP contribution >= 0.6 is 0 Å². The van der Waals surface area contributed by atoms with Gasteiger partial charge in [0.25, 0.3) is 5.91 Å². The largest absolute Gasteiger partial charge is 0.497 e. The Balaban J connectivity index is 1.65. The second kappa shape index (κ2) is 13.5. The van der Waals surface area contributed by atoms with Crippen LogP contribution in [0.5, 0.6) is 5.75 Å². The van der Waals surface area contributed by atoms with Crippen LogP contribution in [0.3, 0.4) is 0 Å². The number of piperazine rings is 1. The summed E-state index contributed by atoms with van der Waals surface area (Å²) in [7, 11) is 1.58. The molecule has 2 aliphatic heterocycles. The van der Waals surface area contributed by atoms with Crippen molar-refractivity contribution in [2.75, 3.05) is 46.4 Å². The number of hydrogen-bond donors (Lipinski definition) is 1. The molecular weight excluding hydrogens is 544 g/mol. The first kappa shape index (κ1) is 31.8. The van der Waals surface area contributed by atoms with Crippen LogP contribution in [-0.2, 0) is 14.9 Å². The van der Waals surface area contributed by atoms with Gasteiger partial charge in [-0.2, -0.15) is 0 Å². The van der Waals surface area contributed by atoms with E-state index < -0.39 is 12.0 Å². The lowest BCUT2D eigenvalue weighted by atomic mass is 9.85. The highest BCUT2D eigenvalue weighted by atomic mass is 16.5. The number of hydrogen-bond acceptors (Lipinski definition) is 6. The van der Waals surface area contributed by atoms with E-state index in [1.807, 2.05) is 48.2 Å². The van der Waals surface area contributed by atoms with E-state index in [0.29, 0.717) is 48.8 Å². The fourth-order valence-corrected chi connectivity index (χ4v) is 5.68. The average Bonchev–Trinajstić information content (AvgIpc) is 2.98. The Morgan fingerprint density at radius 2 is 1.84 bits per heavy atom. The van der Waals surface area contributed by atoms with Gasteiger partial charge in [-0.3, -0.25) is 14.6 Å². The molecule has 9 nitrogen and oxygen atoms in total. The molecule has 43 heavy (non-hydrogen) atoms. The number of esters is 1. The summed E-state index contributed by atoms with van der Waals surface area (Å²) in [5.74, 6) is 0.119. The van der Waals surface area contributed by atoms with Crippen LogP contribution in [0.4, 0.5) is 4.79 Å². The number of rotatable bonds is 9. The first-order chi connectivity index (χ1) is 20.5. The predicted octanol–water partition coefficient (Wildman–Crippen LogP) is 4.91. The third-order valence-corrected chi connectivity index (χ3v) is 8.02. The van der Waals surface area contributed by atoms with E-state index in [1.54, 1.807) is 37.1 Å². The minimum atomic E-state index is -0.662. The van der Waals surface area contributed by atoms with Gasteiger partial charge in [-0.1, -0.05) is 57.2 Å². The third kappa shape index (κ3) is 7.10. The zero-order valence-electron chi connectivity index (χ0n) is 26.2. The molecular formula is C34H44N4O5. The van der Waals surface area contributed by atoms with Crippen molar-refractivity contribution in [3.05, 3.63) is 89.1 Å². The number of nitrogens with zero attached hydrogens (tertiary/aromatic N) is 3. The number of benzene rings is 2. The van der Waals surface area contributed by atoms with Crippen LogP contribution in [0.25, 0.3) is 0 Å². The summed E-state index contributed by atoms with van der Waals surface area (Å²) >= 11 is 0. The lowest BCUT2D eigenvalue weighted by Crippen LogP contribution is -2.56. The van der Waals surface area contributed by atoms with E-state index in [0.717, 1.165) is 11.1 Å². The van der Waals surface area contributed by atoms with Crippen molar-refractivity contribution in [3.63, 3.8) is 0 Å². The van der Waals surface area contributed by atoms with Gasteiger partial charge in [0.15, 0.2) is 0 Å². The zero-order chi connectivity index (χ0) is 31.3. The number of carbonyl (C=O) groups is 3. The zero-order valence-corrected chi connectivity index (χ0v) is 26.2. The highest BCUT2D eigenvalue weighted by molar-refractivity contribution is 5.96. The molecule has 0 aliphatic carbocycles. The summed E-state index contributed by atoms with van der Waals surface area (Å²) in [6.07, 6.45) is 1.65. The molecule has 2 heterocycles. The summed E-state index contributed by atoms with van der Waals surface area (Å²) in [5, 5.41) is 3.04. The molecule has 0 spiro atoms. The first-order valence-corrected chi connectivity index (χ1v) is 14.8. The van der Waals surface area contributed by atoms with Gasteiger partial charge in [-0.05, 0) is 48.6 Å². The maximum atomic E-state index is 13.6. The second-order valence-corrected chi connectivity index (χ2v) is 12.0. The molecule has 0 radical (unpaired) electrons. The van der Waals surface area contributed by atoms with Crippen LogP contribution in [0, 0.1) is 0 Å². The van der Waals surface area contributed by atoms with Crippen molar-refractivity contribution in [2.24, 2.45) is 0 Å². The van der Waals surface area contributed by atoms with Crippen molar-refractivity contribution in [3.8, 4) is 5.75 Å². The standard InChI is InChI=1S/C34H44N4O5/c1-8-17-38-28(22-36-18-19-37(23(3)21-36)31(39)25-11-10-12-27(20-25)42-7)29(32(40)43-9-2)30(35-33(38)41)24-13-15-26(16-14-24)34(4,5)6/h8,10-16,20,23,30H,1,9,17-19,21-22H2,2-7H3,(H,35,41). The Kier molecular flexibility index (Phi) is 9.96. The van der Waals surface area contributed by atoms with Gasteiger partial charge in [0, 0.05) is 50.0 Å². The van der Waals surface area contributed by atoms with Crippen LogP contribution in [-0.4, -0.2) is 85.1 Å². The predicted molar refractivity (Wildman–Crippen MR) is 167 cm³/mol. The normalized spacial score (nSPS) is 19.6. The summed E-state index contributed by atoms with van der Waals surface area (Å²) in [6, 6.07) is 14.1. The summed E-state index contributed by atoms with van der Waals surface area (Å²) < 4.78 is 10.8. The quantitative estimate of drug-likeness (QED) is 0.331. The summed E-state index contributed by atoms with van der Waals surface area (Å²) in [5.41, 5.74) is 3.51. The summed E-state index contributed by atoms with van der Waals surface area (Å²) in [6.45, 7) is 16.5. The molecule has 230 valence electrons. The van der Waals surface area contributed by atoms with Gasteiger partial charge in [-0.15, -0.1) is 6.58 Å². The van der Waals surface area contributed by atoms with Crippen molar-refractivity contribution < 1.29 is 23.9 Å². The maximum absolute atomic E-state index is 13.6. The minimum Gasteiger partial charge on any atom is -0.497 e. The number of carbonyl (C=O) groups excluding carboxylic acids is 3. The van der Waals surface area contributed by atoms with Gasteiger partial charge in [0.1, 0.15) is 5.75 Å². The molecule has 1 fully saturated rings. The molecule has 2 aromatic rings. The Morgan fingerprint density at radius 3 is 2.44 bits per heavy atom. The second-order valence-electron chi connectivity index (χ2n) is 12.0. The Morgan fingerprint density at radius 1 is 1.12 bits per heavy atom. The first-order valence-electron chi connectivity index (χ1n) is 14.8. The molecule has 3 amide bonds. The monoisotopic (exact) mass is 588 g/mol. The van der Waals surface area contributed by atoms with E-state index in [9.17, 15) is 14.4 Å². The van der Waals surface area contributed by atoms with E-state index in [4.69, 9.17) is 9.47 Å². The van der Waals surface area contributed by atoms with Crippen molar-refractivity contribution in [1.82, 2.24) is 20.0 Å². The highest BCUT2D eigenvalue weighted by Crippen LogP contribution is 2.34. The highest BCUT2D eigenvalue weighted by Gasteiger charge is 2.39. The van der Waals surface area contributed by atoms with Crippen molar-refractivity contribution >= 4 is 17.9 Å². The molecule has 0 bridgehead atoms. The fourth-order valence-electron chi connectivity index (χ4n) is 5.68. The van der Waals surface area contributed by atoms with Crippen LogP contribution in [0.15, 0.2) is 72.5 Å². The van der Waals surface area contributed by atoms with E-state index in [1.165, 1.54) is 0 Å². The third-order valence-electron chi connectivity index (χ3n) is 8.02. The van der Waals surface area contributed by atoms with Gasteiger partial charge in [0.05, 0.1) is 25.3 Å². The lowest BCUT2D eigenvalue weighted by Gasteiger charge is -2.43. The fraction of sp³-hybridized carbons (Fsp3) is 0.441. The van der Waals surface area contributed by atoms with Gasteiger partial charge in [-0.25, -0.2) is 9.59 Å². The molecule has 1 N–H and O–H groups in total. The van der Waals surface area contributed by atoms with Crippen LogP contribution < -0.4 is 10.1 Å². The minimum absolute atomic E-state index is 0.0348. The number of urea groups is 1. The molecule has 2 atom stereocenters. The van der Waals surface area contributed by atoms with Crippen molar-refractivity contribution in [1.29, 1.82) is 0 Å². The molecule has 9 heteroatoms. The Bertz CT molecular complexity index is 1380. The van der Waals surface area contributed by atoms with Crippen LogP contribution in [0.1, 0.15) is 62.1 Å². The molecule has 1 saturated heterocycles. The molecule has 0 saturated carbocycles. The average molecular weight is 589 g/mol. The topological polar surface area (TPSA) is 91.4 Å². The molecule has 2 aliphatic rings. The number of amides is 3. The van der Waals surface area contributed by atoms with Gasteiger partial charge in [0.2, 0.25) is 0 Å². The van der Waals surface area contributed by atoms with Gasteiger partial charge < -0.3 is 19.7 Å². The molecule has 2 unspecified atom stereocenters. The van der Waals surface area contributed by atoms with E-state index in [2.05, 4.69) is 37.6 Å². The Hall–Kier alpha value is -4.11. The summed E-state index contributed by atoms with van der Waals surface area (Å²) in [4.78, 5) is 46.0. The SMILES string of the molecule is C=CCN1C(=O)NC(c2ccc(C(C)(C)C)cc2)C(C(=O)OCC)=C1CN1CCN(C(=O)c2cccc(OC)c2)C(C)C1. The smallest absolute Gasteiger partial charge is 0.338 e. The molecule has 2 aromatic carbocycles. The number of ether oxygens (including phenoxy) is 2. The lowest BCUT2D eigenvalue weighted by molar-refractivity contribution is -0.139. The number of methoxy groups -OCH3 is 1. The van der Waals surface area contributed by atoms with E-state index in [-0.39, 0.29) is 36.5 Å². The number of nitrogens with one attached hydrogen (secondary N) is 1. The molecule has 4 rings (SSSR count). The van der Waals surface area contributed by atoms with Gasteiger partial charge >= 0.3 is 12.0 Å².